The number of Topliss-reactive ketones (excluding diaryl/α,β-unsaturated/α-hetero) is 1. The molecule has 2 aromatic carbocycles. The van der Waals surface area contributed by atoms with Gasteiger partial charge in [-0.25, -0.2) is 0 Å². The van der Waals surface area contributed by atoms with Crippen LogP contribution in [0.4, 0.5) is 0 Å². The molecule has 0 aliphatic rings. The SMILES string of the molecule is CCCC(=O)c1ccc(OCc2ccccc2C)cc1.CCOC=O. The standard InChI is InChI=1S/C18H20O2.C3H6O2/c1-3-6-18(19)15-9-11-17(12-10-15)20-13-16-8-5-4-7-14(16)2;1-2-5-3-4/h4-5,7-12H,3,6,13H2,1-2H3;3H,2H2,1H3. The summed E-state index contributed by atoms with van der Waals surface area (Å²) >= 11 is 0. The first-order valence-corrected chi connectivity index (χ1v) is 8.48. The highest BCUT2D eigenvalue weighted by molar-refractivity contribution is 5.96. The molecule has 0 aromatic heterocycles. The van der Waals surface area contributed by atoms with Crippen molar-refractivity contribution >= 4 is 12.3 Å². The van der Waals surface area contributed by atoms with E-state index in [2.05, 4.69) is 23.8 Å². The van der Waals surface area contributed by atoms with Crippen molar-refractivity contribution in [2.75, 3.05) is 6.61 Å². The first-order valence-electron chi connectivity index (χ1n) is 8.48. The van der Waals surface area contributed by atoms with Crippen molar-refractivity contribution in [2.24, 2.45) is 0 Å². The maximum Gasteiger partial charge on any atom is 0.293 e. The lowest BCUT2D eigenvalue weighted by Gasteiger charge is -2.09. The Bertz CT molecular complexity index is 647. The van der Waals surface area contributed by atoms with E-state index in [9.17, 15) is 9.59 Å². The number of benzene rings is 2. The molecule has 0 radical (unpaired) electrons. The van der Waals surface area contributed by atoms with E-state index in [1.165, 1.54) is 11.1 Å². The van der Waals surface area contributed by atoms with E-state index < -0.39 is 0 Å². The third-order valence-electron chi connectivity index (χ3n) is 3.54. The Hall–Kier alpha value is -2.62. The van der Waals surface area contributed by atoms with E-state index in [1.54, 1.807) is 6.92 Å². The van der Waals surface area contributed by atoms with Gasteiger partial charge in [-0.05, 0) is 55.7 Å². The molecule has 0 bridgehead atoms. The predicted octanol–water partition coefficient (Wildman–Crippen LogP) is 4.74. The third-order valence-corrected chi connectivity index (χ3v) is 3.54. The lowest BCUT2D eigenvalue weighted by Crippen LogP contribution is -2.00. The minimum Gasteiger partial charge on any atom is -0.489 e. The van der Waals surface area contributed by atoms with Gasteiger partial charge < -0.3 is 9.47 Å². The van der Waals surface area contributed by atoms with Crippen LogP contribution in [0, 0.1) is 6.92 Å². The number of hydrogen-bond acceptors (Lipinski definition) is 4. The maximum atomic E-state index is 11.7. The Morgan fingerprint density at radius 3 is 2.24 bits per heavy atom. The monoisotopic (exact) mass is 342 g/mol. The van der Waals surface area contributed by atoms with Gasteiger partial charge in [0.15, 0.2) is 5.78 Å². The molecule has 0 N–H and O–H groups in total. The van der Waals surface area contributed by atoms with Crippen LogP contribution >= 0.6 is 0 Å². The summed E-state index contributed by atoms with van der Waals surface area (Å²) in [7, 11) is 0. The lowest BCUT2D eigenvalue weighted by molar-refractivity contribution is -0.128. The third kappa shape index (κ3) is 7.66. The summed E-state index contributed by atoms with van der Waals surface area (Å²) in [5.74, 6) is 0.985. The van der Waals surface area contributed by atoms with E-state index in [0.717, 1.165) is 17.7 Å². The van der Waals surface area contributed by atoms with Crippen LogP contribution in [0.15, 0.2) is 48.5 Å². The van der Waals surface area contributed by atoms with E-state index in [1.807, 2.05) is 43.3 Å². The van der Waals surface area contributed by atoms with Crippen LogP contribution in [-0.2, 0) is 16.1 Å². The van der Waals surface area contributed by atoms with Crippen LogP contribution in [0.5, 0.6) is 5.75 Å². The van der Waals surface area contributed by atoms with E-state index >= 15 is 0 Å². The Labute approximate surface area is 149 Å². The molecule has 0 fully saturated rings. The molecule has 0 atom stereocenters. The summed E-state index contributed by atoms with van der Waals surface area (Å²) in [6, 6.07) is 15.6. The van der Waals surface area contributed by atoms with Crippen molar-refractivity contribution < 1.29 is 19.1 Å². The van der Waals surface area contributed by atoms with E-state index in [-0.39, 0.29) is 5.78 Å². The highest BCUT2D eigenvalue weighted by Crippen LogP contribution is 2.16. The number of ether oxygens (including phenoxy) is 2. The summed E-state index contributed by atoms with van der Waals surface area (Å²) < 4.78 is 9.91. The molecular weight excluding hydrogens is 316 g/mol. The average molecular weight is 342 g/mol. The van der Waals surface area contributed by atoms with Crippen molar-refractivity contribution in [1.29, 1.82) is 0 Å². The molecule has 25 heavy (non-hydrogen) atoms. The van der Waals surface area contributed by atoms with Crippen molar-refractivity contribution in [1.82, 2.24) is 0 Å². The number of aryl methyl sites for hydroxylation is 1. The summed E-state index contributed by atoms with van der Waals surface area (Å²) in [6.45, 7) is 7.30. The van der Waals surface area contributed by atoms with Gasteiger partial charge in [0.2, 0.25) is 0 Å². The highest BCUT2D eigenvalue weighted by Gasteiger charge is 2.05. The van der Waals surface area contributed by atoms with Crippen LogP contribution in [0.1, 0.15) is 48.2 Å². The summed E-state index contributed by atoms with van der Waals surface area (Å²) in [4.78, 5) is 20.9. The second-order valence-electron chi connectivity index (χ2n) is 5.46. The maximum absolute atomic E-state index is 11.7. The normalized spacial score (nSPS) is 9.56. The topological polar surface area (TPSA) is 52.6 Å². The second-order valence-corrected chi connectivity index (χ2v) is 5.46. The van der Waals surface area contributed by atoms with Crippen molar-refractivity contribution in [2.45, 2.75) is 40.2 Å². The summed E-state index contributed by atoms with van der Waals surface area (Å²) in [5, 5.41) is 0. The molecule has 2 rings (SSSR count). The Kier molecular flexibility index (Phi) is 9.68. The zero-order chi connectivity index (χ0) is 18.5. The first-order chi connectivity index (χ1) is 12.1. The Morgan fingerprint density at radius 2 is 1.72 bits per heavy atom. The fourth-order valence-electron chi connectivity index (χ4n) is 2.11. The van der Waals surface area contributed by atoms with Gasteiger partial charge in [0.1, 0.15) is 12.4 Å². The van der Waals surface area contributed by atoms with Crippen LogP contribution in [0.2, 0.25) is 0 Å². The summed E-state index contributed by atoms with van der Waals surface area (Å²) in [6.07, 6.45) is 1.48. The number of carbonyl (C=O) groups excluding carboxylic acids is 2. The molecule has 2 aromatic rings. The molecular formula is C21H26O4. The fourth-order valence-corrected chi connectivity index (χ4v) is 2.11. The summed E-state index contributed by atoms with van der Waals surface area (Å²) in [5.41, 5.74) is 3.16. The zero-order valence-corrected chi connectivity index (χ0v) is 15.2. The fraction of sp³-hybridized carbons (Fsp3) is 0.333. The molecule has 0 spiro atoms. The van der Waals surface area contributed by atoms with Gasteiger partial charge in [-0.3, -0.25) is 9.59 Å². The molecule has 0 aliphatic carbocycles. The van der Waals surface area contributed by atoms with Gasteiger partial charge in [0.05, 0.1) is 6.61 Å². The molecule has 4 nitrogen and oxygen atoms in total. The van der Waals surface area contributed by atoms with Crippen molar-refractivity contribution in [3.05, 3.63) is 65.2 Å². The minimum absolute atomic E-state index is 0.193. The van der Waals surface area contributed by atoms with Crippen LogP contribution in [-0.4, -0.2) is 18.9 Å². The van der Waals surface area contributed by atoms with Crippen LogP contribution in [0.25, 0.3) is 0 Å². The molecule has 0 unspecified atom stereocenters. The number of carbonyl (C=O) groups is 2. The van der Waals surface area contributed by atoms with Crippen LogP contribution < -0.4 is 4.74 Å². The molecule has 0 heterocycles. The van der Waals surface area contributed by atoms with Gasteiger partial charge in [-0.1, -0.05) is 31.2 Å². The van der Waals surface area contributed by atoms with E-state index in [0.29, 0.717) is 26.1 Å². The smallest absolute Gasteiger partial charge is 0.293 e. The van der Waals surface area contributed by atoms with Crippen LogP contribution in [0.3, 0.4) is 0 Å². The first kappa shape index (κ1) is 20.4. The van der Waals surface area contributed by atoms with Crippen molar-refractivity contribution in [3.8, 4) is 5.75 Å². The largest absolute Gasteiger partial charge is 0.489 e. The molecule has 0 amide bonds. The van der Waals surface area contributed by atoms with Crippen molar-refractivity contribution in [3.63, 3.8) is 0 Å². The predicted molar refractivity (Wildman–Crippen MR) is 98.9 cm³/mol. The molecule has 4 heteroatoms. The van der Waals surface area contributed by atoms with Gasteiger partial charge in [0, 0.05) is 12.0 Å². The van der Waals surface area contributed by atoms with Gasteiger partial charge in [0.25, 0.3) is 6.47 Å². The van der Waals surface area contributed by atoms with Gasteiger partial charge in [-0.15, -0.1) is 0 Å². The van der Waals surface area contributed by atoms with Gasteiger partial charge in [-0.2, -0.15) is 0 Å². The quantitative estimate of drug-likeness (QED) is 0.514. The van der Waals surface area contributed by atoms with E-state index in [4.69, 9.17) is 4.74 Å². The molecule has 134 valence electrons. The lowest BCUT2D eigenvalue weighted by atomic mass is 10.1. The number of ketones is 1. The molecule has 0 aliphatic heterocycles. The Balaban J connectivity index is 0.000000550. The Morgan fingerprint density at radius 1 is 1.04 bits per heavy atom. The molecule has 0 saturated heterocycles. The second kappa shape index (κ2) is 11.8. The number of rotatable bonds is 8. The van der Waals surface area contributed by atoms with Gasteiger partial charge >= 0.3 is 0 Å². The molecule has 0 saturated carbocycles. The average Bonchev–Trinajstić information content (AvgIpc) is 2.63. The minimum atomic E-state index is 0.193. The zero-order valence-electron chi connectivity index (χ0n) is 15.2. The highest BCUT2D eigenvalue weighted by atomic mass is 16.5. The number of hydrogen-bond donors (Lipinski definition) is 0.